The van der Waals surface area contributed by atoms with E-state index in [1.807, 2.05) is 0 Å². The number of ketones is 1. The molecule has 2 fully saturated rings. The number of carbonyl (C=O) groups excluding carboxylic acids is 1. The number of aliphatic hydroxyl groups is 1. The van der Waals surface area contributed by atoms with Gasteiger partial charge in [-0.1, -0.05) is 0 Å². The molecule has 0 amide bonds. The summed E-state index contributed by atoms with van der Waals surface area (Å²) in [5.41, 5.74) is 1.69. The summed E-state index contributed by atoms with van der Waals surface area (Å²) < 4.78 is 49.6. The summed E-state index contributed by atoms with van der Waals surface area (Å²) in [6.07, 6.45) is 4.87. The summed E-state index contributed by atoms with van der Waals surface area (Å²) in [6, 6.07) is 6.52. The lowest BCUT2D eigenvalue weighted by Crippen LogP contribution is -2.42. The van der Waals surface area contributed by atoms with Crippen LogP contribution < -0.4 is 14.2 Å². The highest BCUT2D eigenvalue weighted by Gasteiger charge is 2.30. The first-order valence-corrected chi connectivity index (χ1v) is 12.7. The van der Waals surface area contributed by atoms with Gasteiger partial charge >= 0.3 is 6.61 Å². The molecule has 3 aromatic rings. The Kier molecular flexibility index (Phi) is 8.06. The zero-order chi connectivity index (χ0) is 26.6. The van der Waals surface area contributed by atoms with Crippen molar-refractivity contribution in [2.24, 2.45) is 5.92 Å². The van der Waals surface area contributed by atoms with E-state index in [9.17, 15) is 18.7 Å². The Morgan fingerprint density at radius 3 is 2.68 bits per heavy atom. The van der Waals surface area contributed by atoms with E-state index in [4.69, 9.17) is 18.9 Å². The number of morpholine rings is 1. The number of β-amino-alcohol motifs (C(OH)–C–C–N with tert-alkyl or cyclic N) is 1. The number of rotatable bonds is 12. The molecule has 11 heteroatoms. The van der Waals surface area contributed by atoms with Crippen LogP contribution in [0.25, 0.3) is 16.9 Å². The summed E-state index contributed by atoms with van der Waals surface area (Å²) in [5.74, 6) is 0.498. The number of hydrogen-bond donors (Lipinski definition) is 1. The van der Waals surface area contributed by atoms with Gasteiger partial charge < -0.3 is 24.1 Å². The van der Waals surface area contributed by atoms with Crippen molar-refractivity contribution in [3.8, 4) is 28.5 Å². The second kappa shape index (κ2) is 11.6. The van der Waals surface area contributed by atoms with Crippen LogP contribution in [0.3, 0.4) is 0 Å². The molecule has 1 aliphatic carbocycles. The Hall–Kier alpha value is -3.28. The highest BCUT2D eigenvalue weighted by Crippen LogP contribution is 2.40. The molecule has 0 radical (unpaired) electrons. The van der Waals surface area contributed by atoms with E-state index < -0.39 is 12.7 Å². The van der Waals surface area contributed by atoms with Gasteiger partial charge in [-0.25, -0.2) is 4.98 Å². The largest absolute Gasteiger partial charge is 0.496 e. The fourth-order valence-corrected chi connectivity index (χ4v) is 4.64. The minimum absolute atomic E-state index is 0.0311. The number of alkyl halides is 2. The van der Waals surface area contributed by atoms with E-state index >= 15 is 0 Å². The van der Waals surface area contributed by atoms with E-state index in [2.05, 4.69) is 9.88 Å². The molecule has 0 bridgehead atoms. The number of Topliss-reactive ketones (excluding diaryl/α,β-unsaturated/α-hetero) is 1. The van der Waals surface area contributed by atoms with Crippen LogP contribution in [0.4, 0.5) is 8.78 Å². The lowest BCUT2D eigenvalue weighted by atomic mass is 10.00. The van der Waals surface area contributed by atoms with Gasteiger partial charge in [-0.15, -0.1) is 0 Å². The third kappa shape index (κ3) is 6.23. The third-order valence-electron chi connectivity index (χ3n) is 6.75. The Morgan fingerprint density at radius 2 is 1.97 bits per heavy atom. The van der Waals surface area contributed by atoms with Crippen molar-refractivity contribution in [1.82, 2.24) is 14.3 Å². The summed E-state index contributed by atoms with van der Waals surface area (Å²) in [5, 5.41) is 10.4. The zero-order valence-corrected chi connectivity index (χ0v) is 21.1. The number of hydrogen-bond acceptors (Lipinski definition) is 8. The van der Waals surface area contributed by atoms with Crippen LogP contribution in [-0.2, 0) is 4.74 Å². The number of pyridine rings is 1. The smallest absolute Gasteiger partial charge is 0.387 e. The first kappa shape index (κ1) is 26.3. The second-order valence-corrected chi connectivity index (χ2v) is 9.61. The summed E-state index contributed by atoms with van der Waals surface area (Å²) >= 11 is 0. The van der Waals surface area contributed by atoms with Gasteiger partial charge in [0.1, 0.15) is 41.2 Å². The van der Waals surface area contributed by atoms with Crippen LogP contribution in [0, 0.1) is 5.92 Å². The zero-order valence-electron chi connectivity index (χ0n) is 21.1. The van der Waals surface area contributed by atoms with Gasteiger partial charge in [0.2, 0.25) is 0 Å². The fraction of sp³-hybridized carbons (Fsp3) is 0.481. The number of ether oxygens (including phenoxy) is 4. The van der Waals surface area contributed by atoms with Crippen molar-refractivity contribution in [3.05, 3.63) is 42.2 Å². The summed E-state index contributed by atoms with van der Waals surface area (Å²) in [6.45, 7) is 0.421. The number of fused-ring (bicyclic) bond motifs is 1. The van der Waals surface area contributed by atoms with Crippen molar-refractivity contribution in [2.45, 2.75) is 32.0 Å². The van der Waals surface area contributed by atoms with Crippen molar-refractivity contribution in [2.75, 3.05) is 46.6 Å². The Balaban J connectivity index is 1.36. The fourth-order valence-electron chi connectivity index (χ4n) is 4.64. The maximum Gasteiger partial charge on any atom is 0.387 e. The Labute approximate surface area is 218 Å². The Morgan fingerprint density at radius 1 is 1.21 bits per heavy atom. The van der Waals surface area contributed by atoms with Gasteiger partial charge in [-0.2, -0.15) is 8.78 Å². The predicted octanol–water partition coefficient (Wildman–Crippen LogP) is 3.67. The van der Waals surface area contributed by atoms with Crippen LogP contribution in [0.15, 0.2) is 36.7 Å². The highest BCUT2D eigenvalue weighted by molar-refractivity contribution is 6.02. The number of nitrogens with zero attached hydrogens (tertiary/aromatic N) is 3. The summed E-state index contributed by atoms with van der Waals surface area (Å²) in [4.78, 5) is 19.4. The number of halogens is 2. The molecule has 1 atom stereocenters. The molecule has 204 valence electrons. The molecule has 1 aliphatic heterocycles. The minimum Gasteiger partial charge on any atom is -0.496 e. The Bertz CT molecular complexity index is 1270. The van der Waals surface area contributed by atoms with Crippen LogP contribution in [0.1, 0.15) is 29.6 Å². The molecule has 1 N–H and O–H groups in total. The van der Waals surface area contributed by atoms with E-state index in [0.29, 0.717) is 42.4 Å². The van der Waals surface area contributed by atoms with Gasteiger partial charge in [0.15, 0.2) is 5.78 Å². The molecular formula is C27H31F2N3O6. The van der Waals surface area contributed by atoms with Gasteiger partial charge in [-0.05, 0) is 37.0 Å². The average Bonchev–Trinajstić information content (AvgIpc) is 3.62. The molecule has 2 aromatic heterocycles. The lowest BCUT2D eigenvalue weighted by molar-refractivity contribution is -0.0502. The van der Waals surface area contributed by atoms with Crippen LogP contribution in [-0.4, -0.2) is 84.5 Å². The van der Waals surface area contributed by atoms with Crippen LogP contribution >= 0.6 is 0 Å². The van der Waals surface area contributed by atoms with E-state index in [-0.39, 0.29) is 41.8 Å². The molecule has 1 unspecified atom stereocenters. The number of aromatic nitrogens is 2. The molecule has 3 heterocycles. The SMILES string of the molecule is COc1cc(-c2cnc3cc(OCC(O)CN4CCOCC4)ccn23)cc(OC(F)F)c1C(=O)CC1CC1. The summed E-state index contributed by atoms with van der Waals surface area (Å²) in [7, 11) is 1.39. The molecule has 1 aromatic carbocycles. The monoisotopic (exact) mass is 531 g/mol. The molecule has 0 spiro atoms. The van der Waals surface area contributed by atoms with Crippen molar-refractivity contribution in [1.29, 1.82) is 0 Å². The number of carbonyl (C=O) groups is 1. The lowest BCUT2D eigenvalue weighted by Gasteiger charge is -2.28. The van der Waals surface area contributed by atoms with Gasteiger partial charge in [-0.3, -0.25) is 14.1 Å². The molecule has 9 nitrogen and oxygen atoms in total. The van der Waals surface area contributed by atoms with E-state index in [1.54, 1.807) is 35.0 Å². The highest BCUT2D eigenvalue weighted by atomic mass is 19.3. The number of aliphatic hydroxyl groups excluding tert-OH is 1. The van der Waals surface area contributed by atoms with Gasteiger partial charge in [0.25, 0.3) is 0 Å². The molecule has 2 aliphatic rings. The average molecular weight is 532 g/mol. The quantitative estimate of drug-likeness (QED) is 0.354. The topological polar surface area (TPSA) is 94.8 Å². The third-order valence-corrected chi connectivity index (χ3v) is 6.75. The molecular weight excluding hydrogens is 500 g/mol. The van der Waals surface area contributed by atoms with Crippen molar-refractivity contribution < 1.29 is 37.6 Å². The van der Waals surface area contributed by atoms with Crippen molar-refractivity contribution >= 4 is 11.4 Å². The van der Waals surface area contributed by atoms with Crippen LogP contribution in [0.5, 0.6) is 17.2 Å². The first-order valence-electron chi connectivity index (χ1n) is 12.7. The first-order chi connectivity index (χ1) is 18.4. The standard InChI is InChI=1S/C27H31F2N3O6/c1-35-23-11-18(12-24(38-27(28)29)26(23)22(34)10-17-2-3-17)21-14-30-25-13-20(4-5-32(21)25)37-16-19(33)15-31-6-8-36-9-7-31/h4-5,11-14,17,19,27,33H,2-3,6-10,15-16H2,1H3. The van der Waals surface area contributed by atoms with Gasteiger partial charge in [0.05, 0.1) is 32.2 Å². The molecule has 1 saturated carbocycles. The number of benzene rings is 1. The van der Waals surface area contributed by atoms with Crippen LogP contribution in [0.2, 0.25) is 0 Å². The second-order valence-electron chi connectivity index (χ2n) is 9.61. The van der Waals surface area contributed by atoms with Gasteiger partial charge in [0, 0.05) is 43.9 Å². The van der Waals surface area contributed by atoms with E-state index in [1.165, 1.54) is 13.2 Å². The van der Waals surface area contributed by atoms with E-state index in [0.717, 1.165) is 25.9 Å². The predicted molar refractivity (Wildman–Crippen MR) is 134 cm³/mol. The minimum atomic E-state index is -3.09. The molecule has 1 saturated heterocycles. The van der Waals surface area contributed by atoms with Crippen molar-refractivity contribution in [3.63, 3.8) is 0 Å². The molecule has 38 heavy (non-hydrogen) atoms. The maximum absolute atomic E-state index is 13.3. The number of imidazole rings is 1. The maximum atomic E-state index is 13.3. The number of methoxy groups -OCH3 is 1. The normalized spacial score (nSPS) is 17.1. The molecule has 5 rings (SSSR count).